The molecule has 0 aromatic carbocycles. The number of aliphatic hydroxyl groups is 1. The van der Waals surface area contributed by atoms with Crippen LogP contribution in [0.15, 0.2) is 12.2 Å². The molecule has 154 valence electrons. The van der Waals surface area contributed by atoms with Gasteiger partial charge in [-0.15, -0.1) is 0 Å². The summed E-state index contributed by atoms with van der Waals surface area (Å²) in [7, 11) is 0. The largest absolute Gasteiger partial charge is 0.394 e. The molecule has 0 bridgehead atoms. The number of ether oxygens (including phenoxy) is 1. The first-order valence-corrected chi connectivity index (χ1v) is 10.9. The molecular formula is C22H43NO3. The molecule has 0 aromatic rings. The van der Waals surface area contributed by atoms with Crippen molar-refractivity contribution in [1.29, 1.82) is 0 Å². The summed E-state index contributed by atoms with van der Waals surface area (Å²) in [5.41, 5.74) is 0. The molecule has 0 aliphatic heterocycles. The normalized spacial score (nSPS) is 11.3. The van der Waals surface area contributed by atoms with E-state index in [2.05, 4.69) is 24.4 Å². The minimum Gasteiger partial charge on any atom is -0.394 e. The van der Waals surface area contributed by atoms with Gasteiger partial charge in [-0.3, -0.25) is 4.79 Å². The second-order valence-corrected chi connectivity index (χ2v) is 7.06. The van der Waals surface area contributed by atoms with Crippen LogP contribution in [0.25, 0.3) is 0 Å². The molecule has 0 aliphatic carbocycles. The Hall–Kier alpha value is -0.870. The van der Waals surface area contributed by atoms with Gasteiger partial charge < -0.3 is 15.2 Å². The van der Waals surface area contributed by atoms with E-state index in [1.807, 2.05) is 0 Å². The minimum absolute atomic E-state index is 0.0395. The van der Waals surface area contributed by atoms with Crippen molar-refractivity contribution in [3.63, 3.8) is 0 Å². The SMILES string of the molecule is CCCCCCCCC=CCCCCCCCCNC(=O)COCCO. The van der Waals surface area contributed by atoms with Crippen LogP contribution in [0.2, 0.25) is 0 Å². The molecule has 0 saturated carbocycles. The number of amides is 1. The Bertz CT molecular complexity index is 319. The number of carbonyl (C=O) groups is 1. The van der Waals surface area contributed by atoms with Crippen molar-refractivity contribution in [2.45, 2.75) is 96.8 Å². The summed E-state index contributed by atoms with van der Waals surface area (Å²) in [6.45, 7) is 3.22. The first-order chi connectivity index (χ1) is 12.8. The van der Waals surface area contributed by atoms with E-state index in [0.717, 1.165) is 13.0 Å². The monoisotopic (exact) mass is 369 g/mol. The fourth-order valence-electron chi connectivity index (χ4n) is 2.88. The molecule has 0 unspecified atom stereocenters. The zero-order chi connectivity index (χ0) is 19.1. The molecule has 0 aliphatic rings. The minimum atomic E-state index is -0.0915. The highest BCUT2D eigenvalue weighted by atomic mass is 16.5. The van der Waals surface area contributed by atoms with Gasteiger partial charge in [0.25, 0.3) is 0 Å². The Labute approximate surface area is 161 Å². The third kappa shape index (κ3) is 21.2. The molecule has 4 heteroatoms. The zero-order valence-corrected chi connectivity index (χ0v) is 17.1. The maximum absolute atomic E-state index is 11.4. The van der Waals surface area contributed by atoms with Crippen LogP contribution in [0.1, 0.15) is 96.8 Å². The molecule has 0 fully saturated rings. The van der Waals surface area contributed by atoms with Gasteiger partial charge in [0, 0.05) is 6.54 Å². The summed E-state index contributed by atoms with van der Waals surface area (Å²) >= 11 is 0. The third-order valence-corrected chi connectivity index (χ3v) is 4.48. The average Bonchev–Trinajstić information content (AvgIpc) is 2.64. The molecule has 0 radical (unpaired) electrons. The van der Waals surface area contributed by atoms with Crippen molar-refractivity contribution >= 4 is 5.91 Å². The van der Waals surface area contributed by atoms with Crippen LogP contribution in [0, 0.1) is 0 Å². The van der Waals surface area contributed by atoms with Gasteiger partial charge in [0.1, 0.15) is 6.61 Å². The Balaban J connectivity index is 3.14. The molecule has 0 saturated heterocycles. The number of unbranched alkanes of at least 4 members (excludes halogenated alkanes) is 12. The summed E-state index contributed by atoms with van der Waals surface area (Å²) in [6, 6.07) is 0. The lowest BCUT2D eigenvalue weighted by atomic mass is 10.1. The molecule has 0 heterocycles. The van der Waals surface area contributed by atoms with Gasteiger partial charge in [-0.25, -0.2) is 0 Å². The molecule has 0 rings (SSSR count). The van der Waals surface area contributed by atoms with Crippen LogP contribution >= 0.6 is 0 Å². The van der Waals surface area contributed by atoms with Gasteiger partial charge in [0.2, 0.25) is 5.91 Å². The van der Waals surface area contributed by atoms with Crippen LogP contribution < -0.4 is 5.32 Å². The van der Waals surface area contributed by atoms with E-state index < -0.39 is 0 Å². The summed E-state index contributed by atoms with van der Waals surface area (Å²) in [6.07, 6.45) is 22.8. The van der Waals surface area contributed by atoms with E-state index >= 15 is 0 Å². The molecule has 0 spiro atoms. The first kappa shape index (κ1) is 25.1. The van der Waals surface area contributed by atoms with E-state index in [1.165, 1.54) is 83.5 Å². The highest BCUT2D eigenvalue weighted by Gasteiger charge is 1.99. The van der Waals surface area contributed by atoms with Crippen molar-refractivity contribution in [3.05, 3.63) is 12.2 Å². The average molecular weight is 370 g/mol. The third-order valence-electron chi connectivity index (χ3n) is 4.48. The van der Waals surface area contributed by atoms with E-state index in [0.29, 0.717) is 0 Å². The van der Waals surface area contributed by atoms with Crippen molar-refractivity contribution in [2.24, 2.45) is 0 Å². The van der Waals surface area contributed by atoms with Crippen molar-refractivity contribution in [3.8, 4) is 0 Å². The summed E-state index contributed by atoms with van der Waals surface area (Å²) in [5, 5.41) is 11.4. The summed E-state index contributed by atoms with van der Waals surface area (Å²) in [5.74, 6) is -0.0915. The number of nitrogens with one attached hydrogen (secondary N) is 1. The maximum atomic E-state index is 11.4. The summed E-state index contributed by atoms with van der Waals surface area (Å²) < 4.78 is 4.96. The molecule has 0 atom stereocenters. The number of carbonyl (C=O) groups excluding carboxylic acids is 1. The van der Waals surface area contributed by atoms with Gasteiger partial charge in [-0.1, -0.05) is 76.9 Å². The van der Waals surface area contributed by atoms with Gasteiger partial charge in [0.05, 0.1) is 13.2 Å². The lowest BCUT2D eigenvalue weighted by Crippen LogP contribution is -2.28. The maximum Gasteiger partial charge on any atom is 0.245 e. The standard InChI is InChI=1S/C22H43NO3/c1-2-3-4-5-6-7-8-9-10-11-12-13-14-15-16-17-18-23-22(25)21-26-20-19-24/h9-10,24H,2-8,11-21H2,1H3,(H,23,25). The fourth-order valence-corrected chi connectivity index (χ4v) is 2.88. The quantitative estimate of drug-likeness (QED) is 0.230. The van der Waals surface area contributed by atoms with Crippen LogP contribution in [0.5, 0.6) is 0 Å². The number of allylic oxidation sites excluding steroid dienone is 2. The van der Waals surface area contributed by atoms with Gasteiger partial charge in [-0.2, -0.15) is 0 Å². The fraction of sp³-hybridized carbons (Fsp3) is 0.864. The predicted molar refractivity (Wildman–Crippen MR) is 110 cm³/mol. The van der Waals surface area contributed by atoms with E-state index in [4.69, 9.17) is 9.84 Å². The van der Waals surface area contributed by atoms with Gasteiger partial charge in [0.15, 0.2) is 0 Å². The summed E-state index contributed by atoms with van der Waals surface area (Å²) in [4.78, 5) is 11.4. The van der Waals surface area contributed by atoms with Crippen molar-refractivity contribution in [2.75, 3.05) is 26.4 Å². The topological polar surface area (TPSA) is 58.6 Å². The van der Waals surface area contributed by atoms with Gasteiger partial charge >= 0.3 is 0 Å². The van der Waals surface area contributed by atoms with E-state index in [9.17, 15) is 4.79 Å². The Morgan fingerprint density at radius 2 is 1.38 bits per heavy atom. The molecule has 26 heavy (non-hydrogen) atoms. The number of aliphatic hydroxyl groups excluding tert-OH is 1. The highest BCUT2D eigenvalue weighted by molar-refractivity contribution is 5.77. The molecular weight excluding hydrogens is 326 g/mol. The van der Waals surface area contributed by atoms with Crippen molar-refractivity contribution in [1.82, 2.24) is 5.32 Å². The van der Waals surface area contributed by atoms with E-state index in [1.54, 1.807) is 0 Å². The molecule has 1 amide bonds. The lowest BCUT2D eigenvalue weighted by molar-refractivity contribution is -0.125. The smallest absolute Gasteiger partial charge is 0.245 e. The first-order valence-electron chi connectivity index (χ1n) is 10.9. The van der Waals surface area contributed by atoms with Crippen LogP contribution in [-0.4, -0.2) is 37.4 Å². The Morgan fingerprint density at radius 3 is 1.96 bits per heavy atom. The van der Waals surface area contributed by atoms with Crippen LogP contribution in [0.3, 0.4) is 0 Å². The highest BCUT2D eigenvalue weighted by Crippen LogP contribution is 2.09. The lowest BCUT2D eigenvalue weighted by Gasteiger charge is -2.05. The Kier molecular flexibility index (Phi) is 21.4. The van der Waals surface area contributed by atoms with Crippen LogP contribution in [-0.2, 0) is 9.53 Å². The van der Waals surface area contributed by atoms with Crippen molar-refractivity contribution < 1.29 is 14.6 Å². The second kappa shape index (κ2) is 22.2. The zero-order valence-electron chi connectivity index (χ0n) is 17.1. The molecule has 2 N–H and O–H groups in total. The molecule has 4 nitrogen and oxygen atoms in total. The molecule has 0 aromatic heterocycles. The van der Waals surface area contributed by atoms with Gasteiger partial charge in [-0.05, 0) is 32.1 Å². The van der Waals surface area contributed by atoms with Crippen LogP contribution in [0.4, 0.5) is 0 Å². The number of hydrogen-bond donors (Lipinski definition) is 2. The Morgan fingerprint density at radius 1 is 0.846 bits per heavy atom. The number of hydrogen-bond acceptors (Lipinski definition) is 3. The predicted octanol–water partition coefficient (Wildman–Crippen LogP) is 5.15. The number of rotatable bonds is 20. The second-order valence-electron chi connectivity index (χ2n) is 7.06. The van der Waals surface area contributed by atoms with E-state index in [-0.39, 0.29) is 25.7 Å².